The van der Waals surface area contributed by atoms with E-state index in [-0.39, 0.29) is 22.7 Å². The lowest BCUT2D eigenvalue weighted by atomic mass is 9.76. The van der Waals surface area contributed by atoms with Crippen molar-refractivity contribution in [2.75, 3.05) is 69.8 Å². The number of aliphatic hydroxyl groups excluding tert-OH is 20. The lowest BCUT2D eigenvalue weighted by molar-refractivity contribution is -0.155. The third kappa shape index (κ3) is 20.7. The summed E-state index contributed by atoms with van der Waals surface area (Å²) < 4.78 is 0. The number of aliphatic hydroxyl groups is 20. The van der Waals surface area contributed by atoms with Crippen LogP contribution < -0.4 is 21.3 Å². The van der Waals surface area contributed by atoms with Crippen LogP contribution in [-0.4, -0.2) is 325 Å². The fraction of sp³-hybridized carbons (Fsp3) is 0.640. The lowest BCUT2D eigenvalue weighted by Gasteiger charge is -2.48. The van der Waals surface area contributed by atoms with Crippen molar-refractivity contribution in [3.8, 4) is 0 Å². The third-order valence-corrected chi connectivity index (χ3v) is 17.2. The average Bonchev–Trinajstić information content (AvgIpc) is 3.61. The monoisotopic (exact) mass is 1410 g/mol. The smallest absolute Gasteiger partial charge is 0.255 e. The van der Waals surface area contributed by atoms with Gasteiger partial charge in [0.1, 0.15) is 97.7 Å². The molecular formula is C50H75Br3N6O26. The molecule has 0 spiro atoms. The number of carbonyl (C=O) groups is 6. The van der Waals surface area contributed by atoms with Crippen LogP contribution in [0.1, 0.15) is 27.6 Å². The predicted molar refractivity (Wildman–Crippen MR) is 302 cm³/mol. The molecule has 35 heteroatoms. The van der Waals surface area contributed by atoms with E-state index in [0.29, 0.717) is 15.5 Å². The highest BCUT2D eigenvalue weighted by atomic mass is 79.9. The standard InChI is InChI=1S/C50H75Br3N6O26/c1-19(64)55-22-6-4-21(5-7-22)48(83)56-23-8-2-20(3-9-23)47(82)54-10-32(73)57-38-36(52)33(49(84)58(11-24(65)39(74)43(78)28(69)15-60)12-25(66)40(75)44(79)29(70)16-61)35(51)34(37(38)53)50(85)59(13-26(67)41(76)45(80)30(71)17-62)14-27(68)42(77)46(81)31(72)18-63/h2-9,24-31,33-46,60-63,65-72,74-81H,10-18H2,1H3,(H,54,82)(H,55,64)(H,56,83)(H,57,73). The Morgan fingerprint density at radius 2 is 0.706 bits per heavy atom. The Morgan fingerprint density at radius 3 is 1.00 bits per heavy atom. The molecule has 2 aromatic carbocycles. The predicted octanol–water partition coefficient (Wildman–Crippen LogP) is -9.95. The number of rotatable bonds is 33. The number of amides is 6. The average molecular weight is 1420 g/mol. The highest BCUT2D eigenvalue weighted by molar-refractivity contribution is 9.10. The molecule has 1 saturated carbocycles. The molecule has 0 heterocycles. The van der Waals surface area contributed by atoms with Gasteiger partial charge >= 0.3 is 0 Å². The van der Waals surface area contributed by atoms with Gasteiger partial charge in [0.25, 0.3) is 11.8 Å². The van der Waals surface area contributed by atoms with Gasteiger partial charge < -0.3 is 133 Å². The summed E-state index contributed by atoms with van der Waals surface area (Å²) in [5.74, 6) is -9.17. The number of hydrogen-bond acceptors (Lipinski definition) is 26. The zero-order valence-electron chi connectivity index (χ0n) is 45.1. The number of nitrogens with one attached hydrogen (secondary N) is 4. The van der Waals surface area contributed by atoms with Gasteiger partial charge in [-0.1, -0.05) is 47.8 Å². The van der Waals surface area contributed by atoms with Crippen LogP contribution in [0, 0.1) is 11.8 Å². The van der Waals surface area contributed by atoms with Gasteiger partial charge in [-0.3, -0.25) is 28.8 Å². The molecule has 0 radical (unpaired) electrons. The van der Waals surface area contributed by atoms with Crippen LogP contribution in [0.3, 0.4) is 0 Å². The highest BCUT2D eigenvalue weighted by Crippen LogP contribution is 2.44. The summed E-state index contributed by atoms with van der Waals surface area (Å²) in [6.45, 7) is -8.95. The highest BCUT2D eigenvalue weighted by Gasteiger charge is 2.56. The zero-order valence-corrected chi connectivity index (χ0v) is 49.9. The molecule has 6 amide bonds. The van der Waals surface area contributed by atoms with E-state index < -0.39 is 219 Å². The van der Waals surface area contributed by atoms with Crippen LogP contribution in [0.15, 0.2) is 48.5 Å². The Bertz CT molecular complexity index is 2300. The summed E-state index contributed by atoms with van der Waals surface area (Å²) in [7, 11) is 0. The Balaban J connectivity index is 2.14. The minimum Gasteiger partial charge on any atom is -0.394 e. The molecule has 0 bridgehead atoms. The molecule has 20 unspecified atom stereocenters. The maximum Gasteiger partial charge on any atom is 0.255 e. The molecule has 32 nitrogen and oxygen atoms in total. The van der Waals surface area contributed by atoms with Crippen molar-refractivity contribution >= 4 is 94.6 Å². The Kier molecular flexibility index (Phi) is 31.1. The van der Waals surface area contributed by atoms with Crippen molar-refractivity contribution in [2.45, 2.75) is 125 Å². The number of alkyl halides is 3. The molecule has 482 valence electrons. The molecule has 0 aromatic heterocycles. The van der Waals surface area contributed by atoms with E-state index in [0.717, 1.165) is 0 Å². The second-order valence-electron chi connectivity index (χ2n) is 20.1. The summed E-state index contributed by atoms with van der Waals surface area (Å²) in [6, 6.07) is 9.64. The Hall–Kier alpha value is -4.10. The molecule has 1 fully saturated rings. The van der Waals surface area contributed by atoms with Gasteiger partial charge in [-0.05, 0) is 48.5 Å². The number of halogens is 3. The molecule has 1 aliphatic rings. The summed E-state index contributed by atoms with van der Waals surface area (Å²) in [5.41, 5.74) is 0.871. The van der Waals surface area contributed by atoms with Gasteiger partial charge in [-0.2, -0.15) is 0 Å². The van der Waals surface area contributed by atoms with E-state index in [2.05, 4.69) is 69.1 Å². The van der Waals surface area contributed by atoms with Crippen LogP contribution in [0.5, 0.6) is 0 Å². The first-order valence-corrected chi connectivity index (χ1v) is 28.7. The maximum atomic E-state index is 15.2. The van der Waals surface area contributed by atoms with Gasteiger partial charge in [0.05, 0.1) is 50.8 Å². The van der Waals surface area contributed by atoms with E-state index >= 15 is 9.59 Å². The van der Waals surface area contributed by atoms with Gasteiger partial charge in [0.2, 0.25) is 23.6 Å². The minimum absolute atomic E-state index is 0.0359. The molecule has 0 saturated heterocycles. The Morgan fingerprint density at radius 1 is 0.424 bits per heavy atom. The van der Waals surface area contributed by atoms with Crippen molar-refractivity contribution < 1.29 is 131 Å². The number of benzene rings is 2. The second kappa shape index (κ2) is 35.2. The quantitative estimate of drug-likeness (QED) is 0.0295. The summed E-state index contributed by atoms with van der Waals surface area (Å²) in [4.78, 5) is 78.3. The molecule has 3 rings (SSSR count). The molecule has 85 heavy (non-hydrogen) atoms. The second-order valence-corrected chi connectivity index (χ2v) is 23.3. The Labute approximate surface area is 510 Å². The SMILES string of the molecule is CC(=O)Nc1ccc(C(=O)Nc2ccc(C(=O)NCC(=O)NC3C(Br)C(C(=O)N(CC(O)C(O)C(O)C(O)CO)CC(O)C(O)C(O)C(O)CO)C(Br)C(C(=O)N(CC(O)C(O)C(O)C(O)CO)CC(O)C(O)C(O)C(O)CO)C3Br)cc2)cc1. The van der Waals surface area contributed by atoms with Gasteiger partial charge in [-0.15, -0.1) is 0 Å². The van der Waals surface area contributed by atoms with E-state index in [1.165, 1.54) is 55.5 Å². The maximum absolute atomic E-state index is 15.2. The van der Waals surface area contributed by atoms with E-state index in [9.17, 15) is 121 Å². The van der Waals surface area contributed by atoms with Gasteiger partial charge in [0, 0.05) is 70.1 Å². The molecule has 0 aliphatic heterocycles. The van der Waals surface area contributed by atoms with Crippen LogP contribution in [-0.2, 0) is 19.2 Å². The van der Waals surface area contributed by atoms with Crippen molar-refractivity contribution in [3.63, 3.8) is 0 Å². The first kappa shape index (κ1) is 75.2. The first-order valence-electron chi connectivity index (χ1n) is 26.0. The number of anilines is 2. The minimum atomic E-state index is -2.41. The fourth-order valence-electron chi connectivity index (χ4n) is 8.74. The van der Waals surface area contributed by atoms with Crippen molar-refractivity contribution in [1.82, 2.24) is 20.4 Å². The molecule has 20 atom stereocenters. The largest absolute Gasteiger partial charge is 0.394 e. The van der Waals surface area contributed by atoms with E-state index in [1.807, 2.05) is 0 Å². The molecule has 2 aromatic rings. The van der Waals surface area contributed by atoms with Crippen molar-refractivity contribution in [3.05, 3.63) is 59.7 Å². The summed E-state index contributed by atoms with van der Waals surface area (Å²) >= 11 is 10.1. The molecule has 1 aliphatic carbocycles. The lowest BCUT2D eigenvalue weighted by Crippen LogP contribution is -2.66. The zero-order chi connectivity index (χ0) is 64.5. The molecule has 24 N–H and O–H groups in total. The van der Waals surface area contributed by atoms with Crippen LogP contribution in [0.2, 0.25) is 0 Å². The fourth-order valence-corrected chi connectivity index (χ4v) is 13.1. The number of hydrogen-bond donors (Lipinski definition) is 24. The molecular weight excluding hydrogens is 1340 g/mol. The topological polar surface area (TPSA) is 562 Å². The van der Waals surface area contributed by atoms with Gasteiger partial charge in [0.15, 0.2) is 0 Å². The summed E-state index contributed by atoms with van der Waals surface area (Å²) in [5, 5.41) is 218. The first-order chi connectivity index (χ1) is 39.8. The summed E-state index contributed by atoms with van der Waals surface area (Å²) in [6.07, 6.45) is -36.6. The van der Waals surface area contributed by atoms with Crippen LogP contribution in [0.25, 0.3) is 0 Å². The van der Waals surface area contributed by atoms with Crippen molar-refractivity contribution in [1.29, 1.82) is 0 Å². The third-order valence-electron chi connectivity index (χ3n) is 13.8. The van der Waals surface area contributed by atoms with E-state index in [4.69, 9.17) is 0 Å². The normalized spacial score (nSPS) is 23.7. The number of nitrogens with zero attached hydrogens (tertiary/aromatic N) is 2. The van der Waals surface area contributed by atoms with Crippen LogP contribution in [0.4, 0.5) is 11.4 Å². The van der Waals surface area contributed by atoms with Gasteiger partial charge in [-0.25, -0.2) is 0 Å². The van der Waals surface area contributed by atoms with E-state index in [1.54, 1.807) is 0 Å². The van der Waals surface area contributed by atoms with Crippen LogP contribution >= 0.6 is 47.8 Å². The van der Waals surface area contributed by atoms with Crippen molar-refractivity contribution in [2.24, 2.45) is 11.8 Å². The number of carbonyl (C=O) groups excluding carboxylic acids is 6.